The molecular formula is C19H15ClO. The summed E-state index contributed by atoms with van der Waals surface area (Å²) < 4.78 is 0. The van der Waals surface area contributed by atoms with Crippen molar-refractivity contribution >= 4 is 28.2 Å². The van der Waals surface area contributed by atoms with Crippen molar-refractivity contribution in [3.8, 4) is 0 Å². The average molecular weight is 295 g/mol. The Morgan fingerprint density at radius 3 is 2.33 bits per heavy atom. The van der Waals surface area contributed by atoms with Gasteiger partial charge in [0.1, 0.15) is 0 Å². The normalized spacial score (nSPS) is 10.7. The van der Waals surface area contributed by atoms with Crippen LogP contribution >= 0.6 is 11.6 Å². The highest BCUT2D eigenvalue weighted by atomic mass is 35.5. The Hall–Kier alpha value is -2.12. The number of Topliss-reactive ketones (excluding diaryl/α,β-unsaturated/α-hetero) is 1. The summed E-state index contributed by atoms with van der Waals surface area (Å²) in [7, 11) is 0. The first kappa shape index (κ1) is 13.8. The summed E-state index contributed by atoms with van der Waals surface area (Å²) >= 11 is 5.83. The van der Waals surface area contributed by atoms with Crippen molar-refractivity contribution in [1.29, 1.82) is 0 Å². The quantitative estimate of drug-likeness (QED) is 0.596. The number of carbonyl (C=O) groups excluding carboxylic acids is 1. The molecule has 0 aliphatic heterocycles. The van der Waals surface area contributed by atoms with E-state index in [-0.39, 0.29) is 5.78 Å². The predicted molar refractivity (Wildman–Crippen MR) is 88.1 cm³/mol. The molecule has 0 aliphatic rings. The Bertz CT molecular complexity index is 775. The third kappa shape index (κ3) is 3.32. The van der Waals surface area contributed by atoms with Crippen LogP contribution in [0, 0.1) is 0 Å². The molecule has 21 heavy (non-hydrogen) atoms. The van der Waals surface area contributed by atoms with E-state index >= 15 is 0 Å². The molecule has 0 aliphatic carbocycles. The van der Waals surface area contributed by atoms with Crippen LogP contribution in [0.15, 0.2) is 66.7 Å². The van der Waals surface area contributed by atoms with Crippen molar-refractivity contribution in [3.63, 3.8) is 0 Å². The summed E-state index contributed by atoms with van der Waals surface area (Å²) in [6.45, 7) is 0. The summed E-state index contributed by atoms with van der Waals surface area (Å²) in [5.74, 6) is 0.153. The van der Waals surface area contributed by atoms with Crippen LogP contribution in [0.4, 0.5) is 0 Å². The maximum absolute atomic E-state index is 12.1. The van der Waals surface area contributed by atoms with Crippen molar-refractivity contribution < 1.29 is 4.79 Å². The van der Waals surface area contributed by atoms with Crippen molar-refractivity contribution in [2.75, 3.05) is 0 Å². The zero-order valence-electron chi connectivity index (χ0n) is 11.6. The molecule has 0 fully saturated rings. The van der Waals surface area contributed by atoms with E-state index in [0.29, 0.717) is 11.4 Å². The summed E-state index contributed by atoms with van der Waals surface area (Å²) in [5.41, 5.74) is 1.91. The number of rotatable bonds is 4. The van der Waals surface area contributed by atoms with Crippen molar-refractivity contribution in [1.82, 2.24) is 0 Å². The van der Waals surface area contributed by atoms with Crippen molar-refractivity contribution in [3.05, 3.63) is 82.9 Å². The lowest BCUT2D eigenvalue weighted by molar-refractivity contribution is 0.0983. The Balaban J connectivity index is 1.71. The van der Waals surface area contributed by atoms with Crippen LogP contribution in [0.25, 0.3) is 10.8 Å². The Morgan fingerprint density at radius 2 is 1.57 bits per heavy atom. The van der Waals surface area contributed by atoms with E-state index in [1.54, 1.807) is 24.3 Å². The number of aryl methyl sites for hydroxylation is 1. The van der Waals surface area contributed by atoms with Gasteiger partial charge in [-0.25, -0.2) is 0 Å². The second-order valence-electron chi connectivity index (χ2n) is 5.11. The fourth-order valence-corrected chi connectivity index (χ4v) is 2.56. The molecule has 0 spiro atoms. The minimum Gasteiger partial charge on any atom is -0.294 e. The van der Waals surface area contributed by atoms with Crippen LogP contribution in [0.1, 0.15) is 22.3 Å². The first-order valence-electron chi connectivity index (χ1n) is 6.99. The SMILES string of the molecule is O=C(CCc1ccc2ccccc2c1)c1ccc(Cl)cc1. The second kappa shape index (κ2) is 6.11. The first-order chi connectivity index (χ1) is 10.2. The number of carbonyl (C=O) groups is 1. The van der Waals surface area contributed by atoms with Gasteiger partial charge in [0, 0.05) is 17.0 Å². The third-order valence-electron chi connectivity index (χ3n) is 3.62. The number of ketones is 1. The Kier molecular flexibility index (Phi) is 4.03. The van der Waals surface area contributed by atoms with Crippen molar-refractivity contribution in [2.24, 2.45) is 0 Å². The summed E-state index contributed by atoms with van der Waals surface area (Å²) in [4.78, 5) is 12.1. The maximum Gasteiger partial charge on any atom is 0.163 e. The van der Waals surface area contributed by atoms with E-state index in [9.17, 15) is 4.79 Å². The fourth-order valence-electron chi connectivity index (χ4n) is 2.43. The largest absolute Gasteiger partial charge is 0.294 e. The Morgan fingerprint density at radius 1 is 0.857 bits per heavy atom. The van der Waals surface area contributed by atoms with E-state index < -0.39 is 0 Å². The molecule has 2 heteroatoms. The first-order valence-corrected chi connectivity index (χ1v) is 7.36. The summed E-state index contributed by atoms with van der Waals surface area (Å²) in [5, 5.41) is 3.10. The molecule has 0 radical (unpaired) electrons. The second-order valence-corrected chi connectivity index (χ2v) is 5.55. The zero-order chi connectivity index (χ0) is 14.7. The van der Waals surface area contributed by atoms with Gasteiger partial charge in [0.25, 0.3) is 0 Å². The molecule has 3 aromatic rings. The monoisotopic (exact) mass is 294 g/mol. The van der Waals surface area contributed by atoms with Gasteiger partial charge in [-0.15, -0.1) is 0 Å². The van der Waals surface area contributed by atoms with Gasteiger partial charge in [-0.3, -0.25) is 4.79 Å². The smallest absolute Gasteiger partial charge is 0.163 e. The van der Waals surface area contributed by atoms with Crippen LogP contribution < -0.4 is 0 Å². The summed E-state index contributed by atoms with van der Waals surface area (Å²) in [6.07, 6.45) is 1.27. The lowest BCUT2D eigenvalue weighted by atomic mass is 10.0. The molecule has 0 aromatic heterocycles. The maximum atomic E-state index is 12.1. The number of benzene rings is 3. The molecule has 3 aromatic carbocycles. The van der Waals surface area contributed by atoms with Crippen LogP contribution in [-0.4, -0.2) is 5.78 Å². The van der Waals surface area contributed by atoms with E-state index in [1.807, 2.05) is 12.1 Å². The van der Waals surface area contributed by atoms with E-state index in [4.69, 9.17) is 11.6 Å². The van der Waals surface area contributed by atoms with Gasteiger partial charge in [-0.05, 0) is 47.0 Å². The molecule has 0 bridgehead atoms. The average Bonchev–Trinajstić information content (AvgIpc) is 2.53. The number of fused-ring (bicyclic) bond motifs is 1. The molecule has 104 valence electrons. The number of hydrogen-bond acceptors (Lipinski definition) is 1. The predicted octanol–water partition coefficient (Wildman–Crippen LogP) is 5.31. The highest BCUT2D eigenvalue weighted by Gasteiger charge is 2.06. The van der Waals surface area contributed by atoms with Crippen LogP contribution in [0.5, 0.6) is 0 Å². The molecule has 0 saturated carbocycles. The van der Waals surface area contributed by atoms with E-state index in [1.165, 1.54) is 16.3 Å². The van der Waals surface area contributed by atoms with E-state index in [2.05, 4.69) is 30.3 Å². The molecule has 0 heterocycles. The lowest BCUT2D eigenvalue weighted by Gasteiger charge is -2.04. The standard InChI is InChI=1S/C19H15ClO/c20-18-10-8-16(9-11-18)19(21)12-6-14-5-7-15-3-1-2-4-17(15)13-14/h1-5,7-11,13H,6,12H2. The van der Waals surface area contributed by atoms with Gasteiger partial charge in [0.2, 0.25) is 0 Å². The highest BCUT2D eigenvalue weighted by molar-refractivity contribution is 6.30. The van der Waals surface area contributed by atoms with Gasteiger partial charge >= 0.3 is 0 Å². The van der Waals surface area contributed by atoms with Gasteiger partial charge < -0.3 is 0 Å². The fraction of sp³-hybridized carbons (Fsp3) is 0.105. The molecule has 3 rings (SSSR count). The molecule has 1 nitrogen and oxygen atoms in total. The van der Waals surface area contributed by atoms with Crippen LogP contribution in [0.2, 0.25) is 5.02 Å². The zero-order valence-corrected chi connectivity index (χ0v) is 12.3. The highest BCUT2D eigenvalue weighted by Crippen LogP contribution is 2.18. The van der Waals surface area contributed by atoms with Gasteiger partial charge in [0.05, 0.1) is 0 Å². The molecule has 0 saturated heterocycles. The third-order valence-corrected chi connectivity index (χ3v) is 3.87. The summed E-state index contributed by atoms with van der Waals surface area (Å²) in [6, 6.07) is 21.7. The van der Waals surface area contributed by atoms with E-state index in [0.717, 1.165) is 12.0 Å². The molecule has 0 atom stereocenters. The minimum atomic E-state index is 0.153. The number of halogens is 1. The molecule has 0 unspecified atom stereocenters. The lowest BCUT2D eigenvalue weighted by Crippen LogP contribution is -2.00. The van der Waals surface area contributed by atoms with Gasteiger partial charge in [0.15, 0.2) is 5.78 Å². The molecular weight excluding hydrogens is 280 g/mol. The van der Waals surface area contributed by atoms with Gasteiger partial charge in [-0.2, -0.15) is 0 Å². The number of hydrogen-bond donors (Lipinski definition) is 0. The van der Waals surface area contributed by atoms with Crippen LogP contribution in [-0.2, 0) is 6.42 Å². The van der Waals surface area contributed by atoms with Crippen molar-refractivity contribution in [2.45, 2.75) is 12.8 Å². The topological polar surface area (TPSA) is 17.1 Å². The van der Waals surface area contributed by atoms with Gasteiger partial charge in [-0.1, -0.05) is 54.1 Å². The van der Waals surface area contributed by atoms with Crippen LogP contribution in [0.3, 0.4) is 0 Å². The minimum absolute atomic E-state index is 0.153. The molecule has 0 N–H and O–H groups in total. The molecule has 0 amide bonds. The Labute approximate surface area is 129 Å².